The van der Waals surface area contributed by atoms with Crippen molar-refractivity contribution in [1.29, 1.82) is 0 Å². The van der Waals surface area contributed by atoms with Crippen molar-refractivity contribution in [2.24, 2.45) is 5.92 Å². The number of hydrogen-bond donors (Lipinski definition) is 1. The maximum Gasteiger partial charge on any atom is 0.227 e. The number of rotatable bonds is 7. The summed E-state index contributed by atoms with van der Waals surface area (Å²) in [4.78, 5) is 12.5. The van der Waals surface area contributed by atoms with Gasteiger partial charge in [-0.15, -0.1) is 0 Å². The molecule has 0 aliphatic heterocycles. The van der Waals surface area contributed by atoms with E-state index in [1.54, 1.807) is 7.11 Å². The van der Waals surface area contributed by atoms with Crippen LogP contribution in [0, 0.1) is 5.92 Å². The maximum atomic E-state index is 12.5. The Morgan fingerprint density at radius 3 is 2.50 bits per heavy atom. The Morgan fingerprint density at radius 1 is 1.14 bits per heavy atom. The van der Waals surface area contributed by atoms with Gasteiger partial charge in [0, 0.05) is 22.4 Å². The zero-order chi connectivity index (χ0) is 15.9. The Balaban J connectivity index is 2.26. The highest BCUT2D eigenvalue weighted by Crippen LogP contribution is 2.31. The number of fused-ring (bicyclic) bond motifs is 1. The second-order valence-corrected chi connectivity index (χ2v) is 5.60. The number of ether oxygens (including phenoxy) is 1. The standard InChI is InChI=1S/C19H25NO2/c1-4-6-9-14(5-2)19(21)20-17-12-13-18(22-3)16-11-8-7-10-15(16)17/h7-8,10-14H,4-6,9H2,1-3H3,(H,20,21). The van der Waals surface area contributed by atoms with Crippen LogP contribution in [0.3, 0.4) is 0 Å². The first kappa shape index (κ1) is 16.3. The molecule has 3 heteroatoms. The molecule has 1 N–H and O–H groups in total. The number of carbonyl (C=O) groups excluding carboxylic acids is 1. The summed E-state index contributed by atoms with van der Waals surface area (Å²) in [5.74, 6) is 1.03. The van der Waals surface area contributed by atoms with Crippen molar-refractivity contribution in [2.75, 3.05) is 12.4 Å². The highest BCUT2D eigenvalue weighted by atomic mass is 16.5. The van der Waals surface area contributed by atoms with Gasteiger partial charge >= 0.3 is 0 Å². The molecular weight excluding hydrogens is 274 g/mol. The van der Waals surface area contributed by atoms with Crippen molar-refractivity contribution >= 4 is 22.4 Å². The van der Waals surface area contributed by atoms with E-state index in [1.807, 2.05) is 36.4 Å². The first-order valence-electron chi connectivity index (χ1n) is 8.07. The quantitative estimate of drug-likeness (QED) is 0.781. The van der Waals surface area contributed by atoms with E-state index in [4.69, 9.17) is 4.74 Å². The number of benzene rings is 2. The molecule has 0 aromatic heterocycles. The number of nitrogens with one attached hydrogen (secondary N) is 1. The Bertz CT molecular complexity index is 636. The summed E-state index contributed by atoms with van der Waals surface area (Å²) < 4.78 is 5.40. The van der Waals surface area contributed by atoms with E-state index in [0.29, 0.717) is 0 Å². The van der Waals surface area contributed by atoms with Crippen LogP contribution >= 0.6 is 0 Å². The predicted octanol–water partition coefficient (Wildman–Crippen LogP) is 5.00. The molecule has 2 rings (SSSR count). The van der Waals surface area contributed by atoms with Gasteiger partial charge in [0.1, 0.15) is 5.75 Å². The Kier molecular flexibility index (Phi) is 5.82. The zero-order valence-electron chi connectivity index (χ0n) is 13.7. The topological polar surface area (TPSA) is 38.3 Å². The molecule has 1 amide bonds. The van der Waals surface area contributed by atoms with E-state index in [0.717, 1.165) is 47.9 Å². The van der Waals surface area contributed by atoms with E-state index in [1.165, 1.54) is 0 Å². The smallest absolute Gasteiger partial charge is 0.227 e. The molecule has 0 radical (unpaired) electrons. The number of carbonyl (C=O) groups is 1. The maximum absolute atomic E-state index is 12.5. The van der Waals surface area contributed by atoms with Crippen molar-refractivity contribution in [3.8, 4) is 5.75 Å². The molecule has 1 unspecified atom stereocenters. The van der Waals surface area contributed by atoms with E-state index >= 15 is 0 Å². The molecule has 0 spiro atoms. The van der Waals surface area contributed by atoms with Crippen molar-refractivity contribution in [3.05, 3.63) is 36.4 Å². The van der Waals surface area contributed by atoms with Gasteiger partial charge in [-0.3, -0.25) is 4.79 Å². The number of hydrogen-bond acceptors (Lipinski definition) is 2. The number of methoxy groups -OCH3 is 1. The summed E-state index contributed by atoms with van der Waals surface area (Å²) in [6.07, 6.45) is 4.04. The molecule has 0 saturated heterocycles. The van der Waals surface area contributed by atoms with Crippen molar-refractivity contribution in [1.82, 2.24) is 0 Å². The zero-order valence-corrected chi connectivity index (χ0v) is 13.7. The summed E-state index contributed by atoms with van der Waals surface area (Å²) in [6, 6.07) is 11.8. The van der Waals surface area contributed by atoms with Crippen LogP contribution in [0.2, 0.25) is 0 Å². The van der Waals surface area contributed by atoms with Crippen LogP contribution in [-0.4, -0.2) is 13.0 Å². The van der Waals surface area contributed by atoms with Gasteiger partial charge in [-0.1, -0.05) is 51.0 Å². The highest BCUT2D eigenvalue weighted by Gasteiger charge is 2.17. The molecule has 22 heavy (non-hydrogen) atoms. The third kappa shape index (κ3) is 3.59. The fraction of sp³-hybridized carbons (Fsp3) is 0.421. The van der Waals surface area contributed by atoms with E-state index in [2.05, 4.69) is 19.2 Å². The summed E-state index contributed by atoms with van der Waals surface area (Å²) in [5.41, 5.74) is 0.858. The molecule has 0 aliphatic carbocycles. The summed E-state index contributed by atoms with van der Waals surface area (Å²) in [5, 5.41) is 5.13. The molecule has 2 aromatic carbocycles. The Morgan fingerprint density at radius 2 is 1.86 bits per heavy atom. The minimum Gasteiger partial charge on any atom is -0.496 e. The molecular formula is C19H25NO2. The fourth-order valence-electron chi connectivity index (χ4n) is 2.76. The van der Waals surface area contributed by atoms with Gasteiger partial charge in [0.2, 0.25) is 5.91 Å². The SMILES string of the molecule is CCCCC(CC)C(=O)Nc1ccc(OC)c2ccccc12. The summed E-state index contributed by atoms with van der Waals surface area (Å²) in [6.45, 7) is 4.23. The van der Waals surface area contributed by atoms with Crippen LogP contribution in [0.15, 0.2) is 36.4 Å². The molecule has 1 atom stereocenters. The van der Waals surface area contributed by atoms with Crippen LogP contribution in [-0.2, 0) is 4.79 Å². The predicted molar refractivity (Wildman–Crippen MR) is 92.4 cm³/mol. The van der Waals surface area contributed by atoms with Crippen LogP contribution < -0.4 is 10.1 Å². The second kappa shape index (κ2) is 7.83. The summed E-state index contributed by atoms with van der Waals surface area (Å²) >= 11 is 0. The third-order valence-electron chi connectivity index (χ3n) is 4.13. The number of unbranched alkanes of at least 4 members (excludes halogenated alkanes) is 1. The molecule has 0 heterocycles. The first-order chi connectivity index (χ1) is 10.7. The minimum atomic E-state index is 0.0841. The lowest BCUT2D eigenvalue weighted by molar-refractivity contribution is -0.120. The van der Waals surface area contributed by atoms with Crippen LogP contribution in [0.25, 0.3) is 10.8 Å². The van der Waals surface area contributed by atoms with Gasteiger partial charge in [-0.2, -0.15) is 0 Å². The number of amides is 1. The first-order valence-corrected chi connectivity index (χ1v) is 8.07. The van der Waals surface area contributed by atoms with Gasteiger partial charge in [0.05, 0.1) is 7.11 Å². The largest absolute Gasteiger partial charge is 0.496 e. The van der Waals surface area contributed by atoms with Gasteiger partial charge < -0.3 is 10.1 Å². The molecule has 0 aliphatic rings. The molecule has 0 bridgehead atoms. The van der Waals surface area contributed by atoms with Gasteiger partial charge in [0.15, 0.2) is 0 Å². The van der Waals surface area contributed by atoms with Crippen LogP contribution in [0.4, 0.5) is 5.69 Å². The third-order valence-corrected chi connectivity index (χ3v) is 4.13. The van der Waals surface area contributed by atoms with Gasteiger partial charge in [-0.05, 0) is 25.0 Å². The molecule has 118 valence electrons. The van der Waals surface area contributed by atoms with Gasteiger partial charge in [-0.25, -0.2) is 0 Å². The second-order valence-electron chi connectivity index (χ2n) is 5.60. The normalized spacial score (nSPS) is 12.1. The minimum absolute atomic E-state index is 0.0841. The number of anilines is 1. The van der Waals surface area contributed by atoms with E-state index < -0.39 is 0 Å². The van der Waals surface area contributed by atoms with E-state index in [9.17, 15) is 4.79 Å². The van der Waals surface area contributed by atoms with Crippen molar-refractivity contribution in [2.45, 2.75) is 39.5 Å². The lowest BCUT2D eigenvalue weighted by Gasteiger charge is -2.16. The molecule has 0 saturated carbocycles. The van der Waals surface area contributed by atoms with Crippen LogP contribution in [0.1, 0.15) is 39.5 Å². The lowest BCUT2D eigenvalue weighted by Crippen LogP contribution is -2.22. The lowest BCUT2D eigenvalue weighted by atomic mass is 9.98. The average Bonchev–Trinajstić information content (AvgIpc) is 2.56. The fourth-order valence-corrected chi connectivity index (χ4v) is 2.76. The monoisotopic (exact) mass is 299 g/mol. The van der Waals surface area contributed by atoms with Crippen LogP contribution in [0.5, 0.6) is 5.75 Å². The van der Waals surface area contributed by atoms with Crippen molar-refractivity contribution < 1.29 is 9.53 Å². The van der Waals surface area contributed by atoms with Crippen molar-refractivity contribution in [3.63, 3.8) is 0 Å². The van der Waals surface area contributed by atoms with Gasteiger partial charge in [0.25, 0.3) is 0 Å². The summed E-state index contributed by atoms with van der Waals surface area (Å²) in [7, 11) is 1.66. The highest BCUT2D eigenvalue weighted by molar-refractivity contribution is 6.04. The Hall–Kier alpha value is -2.03. The molecule has 2 aromatic rings. The molecule has 3 nitrogen and oxygen atoms in total. The Labute approximate surface area is 132 Å². The van der Waals surface area contributed by atoms with E-state index in [-0.39, 0.29) is 11.8 Å². The molecule has 0 fully saturated rings. The average molecular weight is 299 g/mol.